The van der Waals surface area contributed by atoms with Crippen LogP contribution in [0.1, 0.15) is 25.7 Å². The van der Waals surface area contributed by atoms with Crippen molar-refractivity contribution in [1.82, 2.24) is 0 Å². The lowest BCUT2D eigenvalue weighted by Crippen LogP contribution is -2.16. The lowest BCUT2D eigenvalue weighted by molar-refractivity contribution is -0.116. The topological polar surface area (TPSA) is 73.6 Å². The van der Waals surface area contributed by atoms with Crippen LogP contribution in [0.4, 0.5) is 11.4 Å². The van der Waals surface area contributed by atoms with E-state index in [-0.39, 0.29) is 12.0 Å². The van der Waals surface area contributed by atoms with Crippen LogP contribution in [-0.2, 0) is 9.53 Å². The highest BCUT2D eigenvalue weighted by atomic mass is 16.5. The van der Waals surface area contributed by atoms with Gasteiger partial charge in [-0.3, -0.25) is 4.79 Å². The summed E-state index contributed by atoms with van der Waals surface area (Å²) >= 11 is 0. The highest BCUT2D eigenvalue weighted by Crippen LogP contribution is 2.25. The number of benzene rings is 1. The van der Waals surface area contributed by atoms with Gasteiger partial charge < -0.3 is 20.5 Å². The molecule has 0 aromatic heterocycles. The van der Waals surface area contributed by atoms with Crippen LogP contribution in [0.25, 0.3) is 0 Å². The number of nitrogen functional groups attached to an aromatic ring is 1. The van der Waals surface area contributed by atoms with Gasteiger partial charge >= 0.3 is 0 Å². The van der Waals surface area contributed by atoms with E-state index in [1.165, 1.54) is 0 Å². The summed E-state index contributed by atoms with van der Waals surface area (Å²) in [4.78, 5) is 11.9. The average molecular weight is 264 g/mol. The standard InChI is InChI=1S/C14H20N2O3/c1-18-11-4-6-12(15)13(9-11)16-14(17)7-5-10-3-2-8-19-10/h4,6,9-10H,2-3,5,7-8,15H2,1H3,(H,16,17). The van der Waals surface area contributed by atoms with Crippen LogP contribution in [-0.4, -0.2) is 25.7 Å². The summed E-state index contributed by atoms with van der Waals surface area (Å²) in [5.41, 5.74) is 6.94. The molecule has 1 fully saturated rings. The Balaban J connectivity index is 1.87. The van der Waals surface area contributed by atoms with Gasteiger partial charge in [0, 0.05) is 19.1 Å². The van der Waals surface area contributed by atoms with Gasteiger partial charge in [0.25, 0.3) is 0 Å². The maximum Gasteiger partial charge on any atom is 0.224 e. The van der Waals surface area contributed by atoms with Crippen molar-refractivity contribution in [2.24, 2.45) is 0 Å². The second-order valence-electron chi connectivity index (χ2n) is 4.68. The van der Waals surface area contributed by atoms with Crippen molar-refractivity contribution in [2.75, 3.05) is 24.8 Å². The van der Waals surface area contributed by atoms with Crippen molar-refractivity contribution < 1.29 is 14.3 Å². The van der Waals surface area contributed by atoms with E-state index in [1.54, 1.807) is 25.3 Å². The van der Waals surface area contributed by atoms with Crippen LogP contribution in [0, 0.1) is 0 Å². The summed E-state index contributed by atoms with van der Waals surface area (Å²) < 4.78 is 10.6. The number of ether oxygens (including phenoxy) is 2. The second-order valence-corrected chi connectivity index (χ2v) is 4.68. The third kappa shape index (κ3) is 3.86. The smallest absolute Gasteiger partial charge is 0.224 e. The zero-order chi connectivity index (χ0) is 13.7. The van der Waals surface area contributed by atoms with E-state index >= 15 is 0 Å². The molecule has 1 aromatic rings. The summed E-state index contributed by atoms with van der Waals surface area (Å²) in [6, 6.07) is 5.20. The molecule has 1 heterocycles. The predicted molar refractivity (Wildman–Crippen MR) is 74.2 cm³/mol. The molecule has 19 heavy (non-hydrogen) atoms. The van der Waals surface area contributed by atoms with E-state index < -0.39 is 0 Å². The van der Waals surface area contributed by atoms with Crippen LogP contribution >= 0.6 is 0 Å². The summed E-state index contributed by atoms with van der Waals surface area (Å²) in [5, 5.41) is 2.81. The van der Waals surface area contributed by atoms with E-state index in [9.17, 15) is 4.79 Å². The molecule has 5 nitrogen and oxygen atoms in total. The van der Waals surface area contributed by atoms with Crippen molar-refractivity contribution in [3.63, 3.8) is 0 Å². The molecule has 1 atom stereocenters. The quantitative estimate of drug-likeness (QED) is 0.799. The molecule has 0 radical (unpaired) electrons. The highest BCUT2D eigenvalue weighted by Gasteiger charge is 2.17. The molecular formula is C14H20N2O3. The zero-order valence-corrected chi connectivity index (χ0v) is 11.1. The van der Waals surface area contributed by atoms with Crippen molar-refractivity contribution in [1.29, 1.82) is 0 Å². The molecular weight excluding hydrogens is 244 g/mol. The lowest BCUT2D eigenvalue weighted by atomic mass is 10.1. The monoisotopic (exact) mass is 264 g/mol. The fourth-order valence-corrected chi connectivity index (χ4v) is 2.15. The van der Waals surface area contributed by atoms with Gasteiger partial charge in [-0.2, -0.15) is 0 Å². The summed E-state index contributed by atoms with van der Waals surface area (Å²) in [6.07, 6.45) is 3.58. The molecule has 1 aromatic carbocycles. The largest absolute Gasteiger partial charge is 0.497 e. The van der Waals surface area contributed by atoms with E-state index in [0.717, 1.165) is 25.9 Å². The Hall–Kier alpha value is -1.75. The first-order valence-corrected chi connectivity index (χ1v) is 6.54. The number of anilines is 2. The molecule has 0 saturated carbocycles. The zero-order valence-electron chi connectivity index (χ0n) is 11.1. The molecule has 0 bridgehead atoms. The average Bonchev–Trinajstić information content (AvgIpc) is 2.92. The Morgan fingerprint density at radius 3 is 3.11 bits per heavy atom. The molecule has 0 aliphatic carbocycles. The van der Waals surface area contributed by atoms with Gasteiger partial charge in [0.1, 0.15) is 5.75 Å². The molecule has 1 aliphatic heterocycles. The Morgan fingerprint density at radius 2 is 2.42 bits per heavy atom. The predicted octanol–water partition coefficient (Wildman–Crippen LogP) is 2.18. The number of hydrogen-bond acceptors (Lipinski definition) is 4. The minimum Gasteiger partial charge on any atom is -0.497 e. The van der Waals surface area contributed by atoms with Gasteiger partial charge in [-0.15, -0.1) is 0 Å². The molecule has 1 unspecified atom stereocenters. The molecule has 5 heteroatoms. The summed E-state index contributed by atoms with van der Waals surface area (Å²) in [7, 11) is 1.58. The van der Waals surface area contributed by atoms with Crippen molar-refractivity contribution in [3.8, 4) is 5.75 Å². The van der Waals surface area contributed by atoms with Crippen molar-refractivity contribution >= 4 is 17.3 Å². The SMILES string of the molecule is COc1ccc(N)c(NC(=O)CCC2CCCO2)c1. The number of methoxy groups -OCH3 is 1. The molecule has 1 amide bonds. The third-order valence-electron chi connectivity index (χ3n) is 3.25. The van der Waals surface area contributed by atoms with Gasteiger partial charge in [0.2, 0.25) is 5.91 Å². The first-order chi connectivity index (χ1) is 9.19. The minimum atomic E-state index is -0.0459. The molecule has 1 saturated heterocycles. The first-order valence-electron chi connectivity index (χ1n) is 6.54. The maximum absolute atomic E-state index is 11.9. The normalized spacial score (nSPS) is 18.3. The molecule has 2 rings (SSSR count). The molecule has 0 spiro atoms. The fourth-order valence-electron chi connectivity index (χ4n) is 2.15. The van der Waals surface area contributed by atoms with Crippen molar-refractivity contribution in [3.05, 3.63) is 18.2 Å². The Labute approximate surface area is 113 Å². The van der Waals surface area contributed by atoms with Crippen LogP contribution in [0.2, 0.25) is 0 Å². The summed E-state index contributed by atoms with van der Waals surface area (Å²) in [6.45, 7) is 0.815. The number of nitrogens with one attached hydrogen (secondary N) is 1. The van der Waals surface area contributed by atoms with Crippen LogP contribution in [0.5, 0.6) is 5.75 Å². The number of carbonyl (C=O) groups is 1. The van der Waals surface area contributed by atoms with Crippen LogP contribution in [0.15, 0.2) is 18.2 Å². The Kier molecular flexibility index (Phi) is 4.63. The minimum absolute atomic E-state index is 0.0459. The summed E-state index contributed by atoms with van der Waals surface area (Å²) in [5.74, 6) is 0.624. The number of nitrogens with two attached hydrogens (primary N) is 1. The third-order valence-corrected chi connectivity index (χ3v) is 3.25. The van der Waals surface area contributed by atoms with Gasteiger partial charge in [0.05, 0.1) is 24.6 Å². The lowest BCUT2D eigenvalue weighted by Gasteiger charge is -2.11. The Morgan fingerprint density at radius 1 is 1.58 bits per heavy atom. The van der Waals surface area contributed by atoms with Crippen LogP contribution < -0.4 is 15.8 Å². The Bertz CT molecular complexity index is 442. The van der Waals surface area contributed by atoms with E-state index in [4.69, 9.17) is 15.2 Å². The first kappa shape index (κ1) is 13.7. The second kappa shape index (κ2) is 6.43. The molecule has 3 N–H and O–H groups in total. The van der Waals surface area contributed by atoms with Crippen LogP contribution in [0.3, 0.4) is 0 Å². The maximum atomic E-state index is 11.9. The number of amides is 1. The number of rotatable bonds is 5. The fraction of sp³-hybridized carbons (Fsp3) is 0.500. The molecule has 104 valence electrons. The molecule has 1 aliphatic rings. The van der Waals surface area contributed by atoms with Gasteiger partial charge in [0.15, 0.2) is 0 Å². The highest BCUT2D eigenvalue weighted by molar-refractivity contribution is 5.94. The van der Waals surface area contributed by atoms with Crippen molar-refractivity contribution in [2.45, 2.75) is 31.8 Å². The number of hydrogen-bond donors (Lipinski definition) is 2. The number of carbonyl (C=O) groups excluding carboxylic acids is 1. The van der Waals surface area contributed by atoms with E-state index in [1.807, 2.05) is 0 Å². The van der Waals surface area contributed by atoms with E-state index in [2.05, 4.69) is 5.32 Å². The van der Waals surface area contributed by atoms with E-state index in [0.29, 0.717) is 23.5 Å². The van der Waals surface area contributed by atoms with Gasteiger partial charge in [-0.25, -0.2) is 0 Å². The van der Waals surface area contributed by atoms with Gasteiger partial charge in [-0.1, -0.05) is 0 Å². The van der Waals surface area contributed by atoms with Gasteiger partial charge in [-0.05, 0) is 31.4 Å².